The summed E-state index contributed by atoms with van der Waals surface area (Å²) in [5.74, 6) is -0.306. The second-order valence-electron chi connectivity index (χ2n) is 6.72. The van der Waals surface area contributed by atoms with Crippen LogP contribution in [0.2, 0.25) is 0 Å². The van der Waals surface area contributed by atoms with Gasteiger partial charge in [0, 0.05) is 31.0 Å². The third kappa shape index (κ3) is 5.01. The van der Waals surface area contributed by atoms with E-state index in [-0.39, 0.29) is 12.3 Å². The third-order valence-electron chi connectivity index (χ3n) is 4.48. The van der Waals surface area contributed by atoms with Gasteiger partial charge in [-0.05, 0) is 22.6 Å². The van der Waals surface area contributed by atoms with Crippen LogP contribution in [0.15, 0.2) is 72.0 Å². The van der Waals surface area contributed by atoms with Crippen molar-refractivity contribution in [2.24, 2.45) is 7.05 Å². The summed E-state index contributed by atoms with van der Waals surface area (Å²) in [4.78, 5) is 25.0. The zero-order chi connectivity index (χ0) is 22.3. The second kappa shape index (κ2) is 9.88. The van der Waals surface area contributed by atoms with Crippen LogP contribution in [0, 0.1) is 0 Å². The molecule has 0 spiro atoms. The minimum Gasteiger partial charge on any atom is -0.273 e. The number of aromatic nitrogens is 6. The fourth-order valence-corrected chi connectivity index (χ4v) is 3.68. The highest BCUT2D eigenvalue weighted by Crippen LogP contribution is 2.23. The smallest absolute Gasteiger partial charge is 0.273 e. The average Bonchev–Trinajstić information content (AvgIpc) is 3.45. The van der Waals surface area contributed by atoms with Crippen LogP contribution in [0.4, 0.5) is 0 Å². The van der Waals surface area contributed by atoms with Gasteiger partial charge in [-0.1, -0.05) is 60.3 Å². The maximum absolute atomic E-state index is 12.9. The molecule has 11 heteroatoms. The van der Waals surface area contributed by atoms with Crippen molar-refractivity contribution in [1.82, 2.24) is 40.8 Å². The van der Waals surface area contributed by atoms with E-state index in [1.807, 2.05) is 60.7 Å². The van der Waals surface area contributed by atoms with Crippen LogP contribution in [-0.4, -0.2) is 47.6 Å². The highest BCUT2D eigenvalue weighted by atomic mass is 32.2. The van der Waals surface area contributed by atoms with Gasteiger partial charge in [0.25, 0.3) is 5.91 Å². The van der Waals surface area contributed by atoms with Gasteiger partial charge in [-0.3, -0.25) is 20.4 Å². The molecule has 32 heavy (non-hydrogen) atoms. The fraction of sp³-hybridized carbons (Fsp3) is 0.143. The lowest BCUT2D eigenvalue weighted by molar-refractivity contribution is -0.121. The van der Waals surface area contributed by atoms with Gasteiger partial charge in [0.2, 0.25) is 11.1 Å². The number of tetrazole rings is 1. The summed E-state index contributed by atoms with van der Waals surface area (Å²) in [5, 5.41) is 16.3. The molecule has 0 fully saturated rings. The Morgan fingerprint density at radius 2 is 1.72 bits per heavy atom. The molecule has 0 aliphatic heterocycles. The van der Waals surface area contributed by atoms with Gasteiger partial charge in [0.15, 0.2) is 0 Å². The Balaban J connectivity index is 1.43. The summed E-state index contributed by atoms with van der Waals surface area (Å²) in [6.45, 7) is 0. The SMILES string of the molecule is Cn1nnnc1SCCC(=O)NNC(=O)c1cn(-c2ccccc2)nc1-c1ccccc1. The lowest BCUT2D eigenvalue weighted by Crippen LogP contribution is -2.41. The lowest BCUT2D eigenvalue weighted by atomic mass is 10.1. The summed E-state index contributed by atoms with van der Waals surface area (Å²) >= 11 is 1.35. The molecule has 162 valence electrons. The largest absolute Gasteiger partial charge is 0.273 e. The predicted octanol–water partition coefficient (Wildman–Crippen LogP) is 2.01. The van der Waals surface area contributed by atoms with Crippen molar-refractivity contribution in [3.63, 3.8) is 0 Å². The van der Waals surface area contributed by atoms with Crippen LogP contribution in [0.25, 0.3) is 16.9 Å². The number of para-hydroxylation sites is 1. The van der Waals surface area contributed by atoms with E-state index in [0.29, 0.717) is 22.2 Å². The van der Waals surface area contributed by atoms with Crippen LogP contribution < -0.4 is 10.9 Å². The molecule has 0 aliphatic rings. The molecule has 4 aromatic rings. The molecule has 10 nitrogen and oxygen atoms in total. The van der Waals surface area contributed by atoms with Gasteiger partial charge in [-0.15, -0.1) is 5.10 Å². The number of thioether (sulfide) groups is 1. The molecule has 2 aromatic carbocycles. The Labute approximate surface area is 188 Å². The zero-order valence-corrected chi connectivity index (χ0v) is 18.0. The summed E-state index contributed by atoms with van der Waals surface area (Å²) in [5.41, 5.74) is 7.43. The molecule has 0 radical (unpaired) electrons. The Bertz CT molecular complexity index is 1210. The van der Waals surface area contributed by atoms with Crippen LogP contribution in [-0.2, 0) is 11.8 Å². The van der Waals surface area contributed by atoms with E-state index < -0.39 is 5.91 Å². The highest BCUT2D eigenvalue weighted by molar-refractivity contribution is 7.99. The van der Waals surface area contributed by atoms with Crippen molar-refractivity contribution in [3.05, 3.63) is 72.4 Å². The lowest BCUT2D eigenvalue weighted by Gasteiger charge is -2.07. The quantitative estimate of drug-likeness (QED) is 0.328. The Hall–Kier alpha value is -3.99. The Kier molecular flexibility index (Phi) is 6.56. The number of hydrazine groups is 1. The van der Waals surface area contributed by atoms with Gasteiger partial charge in [0.05, 0.1) is 11.3 Å². The van der Waals surface area contributed by atoms with Gasteiger partial charge >= 0.3 is 0 Å². The first-order valence-corrected chi connectivity index (χ1v) is 10.8. The van der Waals surface area contributed by atoms with Gasteiger partial charge in [-0.2, -0.15) is 5.10 Å². The molecule has 0 atom stereocenters. The predicted molar refractivity (Wildman–Crippen MR) is 119 cm³/mol. The normalized spacial score (nSPS) is 10.7. The van der Waals surface area contributed by atoms with Crippen molar-refractivity contribution in [1.29, 1.82) is 0 Å². The van der Waals surface area contributed by atoms with Crippen LogP contribution in [0.1, 0.15) is 16.8 Å². The summed E-state index contributed by atoms with van der Waals surface area (Å²) in [6.07, 6.45) is 1.84. The van der Waals surface area contributed by atoms with Crippen molar-refractivity contribution in [2.45, 2.75) is 11.6 Å². The summed E-state index contributed by atoms with van der Waals surface area (Å²) in [6, 6.07) is 18.9. The first kappa shape index (κ1) is 21.2. The van der Waals surface area contributed by atoms with Gasteiger partial charge in [0.1, 0.15) is 5.69 Å². The number of nitrogens with zero attached hydrogens (tertiary/aromatic N) is 6. The van der Waals surface area contributed by atoms with E-state index in [0.717, 1.165) is 11.3 Å². The molecule has 2 N–H and O–H groups in total. The topological polar surface area (TPSA) is 120 Å². The third-order valence-corrected chi connectivity index (χ3v) is 5.50. The number of aryl methyl sites for hydroxylation is 1. The maximum Gasteiger partial charge on any atom is 0.273 e. The van der Waals surface area contributed by atoms with Crippen molar-refractivity contribution >= 4 is 23.6 Å². The average molecular weight is 449 g/mol. The van der Waals surface area contributed by atoms with Crippen LogP contribution in [0.3, 0.4) is 0 Å². The van der Waals surface area contributed by atoms with E-state index in [1.54, 1.807) is 17.9 Å². The summed E-state index contributed by atoms with van der Waals surface area (Å²) in [7, 11) is 1.72. The van der Waals surface area contributed by atoms with E-state index in [2.05, 4.69) is 31.5 Å². The number of nitrogens with one attached hydrogen (secondary N) is 2. The summed E-state index contributed by atoms with van der Waals surface area (Å²) < 4.78 is 3.17. The molecule has 4 rings (SSSR count). The molecule has 0 saturated heterocycles. The number of hydrogen-bond donors (Lipinski definition) is 2. The number of carbonyl (C=O) groups excluding carboxylic acids is 2. The molecule has 0 unspecified atom stereocenters. The Morgan fingerprint density at radius 3 is 2.41 bits per heavy atom. The standard InChI is InChI=1S/C21H20N8O2S/c1-28-21(24-26-27-28)32-13-12-18(30)22-23-20(31)17-14-29(16-10-6-3-7-11-16)25-19(17)15-8-4-2-5-9-15/h2-11,14H,12-13H2,1H3,(H,22,30)(H,23,31). The molecule has 0 saturated carbocycles. The number of rotatable bonds is 7. The first-order chi connectivity index (χ1) is 15.6. The van der Waals surface area contributed by atoms with Crippen molar-refractivity contribution in [2.75, 3.05) is 5.75 Å². The molecule has 0 aliphatic carbocycles. The van der Waals surface area contributed by atoms with E-state index in [9.17, 15) is 9.59 Å². The first-order valence-electron chi connectivity index (χ1n) is 9.76. The molecular weight excluding hydrogens is 428 g/mol. The van der Waals surface area contributed by atoms with Crippen molar-refractivity contribution < 1.29 is 9.59 Å². The minimum atomic E-state index is -0.454. The number of hydrogen-bond acceptors (Lipinski definition) is 7. The Morgan fingerprint density at radius 1 is 1.00 bits per heavy atom. The zero-order valence-electron chi connectivity index (χ0n) is 17.2. The molecule has 0 bridgehead atoms. The van der Waals surface area contributed by atoms with Crippen molar-refractivity contribution in [3.8, 4) is 16.9 Å². The fourth-order valence-electron chi connectivity index (χ4n) is 2.90. The van der Waals surface area contributed by atoms with E-state index in [4.69, 9.17) is 0 Å². The minimum absolute atomic E-state index is 0.187. The highest BCUT2D eigenvalue weighted by Gasteiger charge is 2.19. The molecule has 2 heterocycles. The maximum atomic E-state index is 12.9. The molecular formula is C21H20N8O2S. The van der Waals surface area contributed by atoms with E-state index >= 15 is 0 Å². The number of carbonyl (C=O) groups is 2. The van der Waals surface area contributed by atoms with Gasteiger partial charge in [-0.25, -0.2) is 9.36 Å². The molecule has 2 aromatic heterocycles. The van der Waals surface area contributed by atoms with Gasteiger partial charge < -0.3 is 0 Å². The second-order valence-corrected chi connectivity index (χ2v) is 7.79. The monoisotopic (exact) mass is 448 g/mol. The molecule has 2 amide bonds. The van der Waals surface area contributed by atoms with Crippen LogP contribution in [0.5, 0.6) is 0 Å². The van der Waals surface area contributed by atoms with E-state index in [1.165, 1.54) is 16.4 Å². The van der Waals surface area contributed by atoms with Crippen LogP contribution >= 0.6 is 11.8 Å². The number of amides is 2. The number of benzene rings is 2.